The number of hydrogen-bond acceptors (Lipinski definition) is 4. The number of amides is 2. The van der Waals surface area contributed by atoms with E-state index in [9.17, 15) is 9.59 Å². The van der Waals surface area contributed by atoms with Gasteiger partial charge in [0.15, 0.2) is 0 Å². The van der Waals surface area contributed by atoms with Gasteiger partial charge in [0, 0.05) is 19.9 Å². The molecule has 1 rings (SSSR count). The van der Waals surface area contributed by atoms with Crippen molar-refractivity contribution in [3.63, 3.8) is 0 Å². The Balaban J connectivity index is 2.61. The van der Waals surface area contributed by atoms with Gasteiger partial charge in [0.05, 0.1) is 18.8 Å². The zero-order valence-electron chi connectivity index (χ0n) is 12.3. The molecule has 0 spiro atoms. The van der Waals surface area contributed by atoms with Crippen LogP contribution in [0.4, 0.5) is 4.79 Å². The van der Waals surface area contributed by atoms with Crippen molar-refractivity contribution in [1.29, 1.82) is 0 Å². The van der Waals surface area contributed by atoms with Gasteiger partial charge in [0.1, 0.15) is 6.54 Å². The number of ether oxygens (including phenoxy) is 1. The molecule has 0 bridgehead atoms. The first-order valence-electron chi connectivity index (χ1n) is 6.74. The number of carbonyl (C=O) groups is 2. The zero-order valence-corrected chi connectivity index (χ0v) is 12.3. The van der Waals surface area contributed by atoms with Crippen molar-refractivity contribution in [2.75, 3.05) is 26.8 Å². The maximum absolute atomic E-state index is 12.0. The zero-order chi connectivity index (χ0) is 15.7. The number of aryl methyl sites for hydroxylation is 1. The highest BCUT2D eigenvalue weighted by Gasteiger charge is 2.16. The third-order valence-corrected chi connectivity index (χ3v) is 2.95. The molecule has 116 valence electrons. The summed E-state index contributed by atoms with van der Waals surface area (Å²) in [7, 11) is 1.50. The second-order valence-electron chi connectivity index (χ2n) is 4.43. The van der Waals surface area contributed by atoms with Gasteiger partial charge in [-0.25, -0.2) is 4.79 Å². The number of pyridine rings is 1. The molecule has 0 aromatic carbocycles. The van der Waals surface area contributed by atoms with Crippen molar-refractivity contribution < 1.29 is 19.4 Å². The Hall–Kier alpha value is -2.15. The Kier molecular flexibility index (Phi) is 7.17. The molecule has 0 fully saturated rings. The van der Waals surface area contributed by atoms with Crippen LogP contribution in [0, 0.1) is 0 Å². The standard InChI is InChI=1S/C14H21N3O4/c1-3-11-5-4-6-15-12(11)9-16-14(20)17(7-8-21-2)10-13(18)19/h4-6H,3,7-10H2,1-2H3,(H,16,20)(H,18,19). The van der Waals surface area contributed by atoms with Gasteiger partial charge in [-0.15, -0.1) is 0 Å². The number of nitrogens with zero attached hydrogens (tertiary/aromatic N) is 2. The van der Waals surface area contributed by atoms with Crippen LogP contribution in [0.2, 0.25) is 0 Å². The number of carboxylic acid groups (broad SMARTS) is 1. The van der Waals surface area contributed by atoms with E-state index < -0.39 is 12.0 Å². The minimum Gasteiger partial charge on any atom is -0.480 e. The summed E-state index contributed by atoms with van der Waals surface area (Å²) in [5, 5.41) is 11.5. The summed E-state index contributed by atoms with van der Waals surface area (Å²) in [5.41, 5.74) is 1.84. The molecule has 1 aromatic heterocycles. The fourth-order valence-corrected chi connectivity index (χ4v) is 1.84. The molecule has 0 aliphatic heterocycles. The molecule has 1 heterocycles. The van der Waals surface area contributed by atoms with Crippen molar-refractivity contribution in [1.82, 2.24) is 15.2 Å². The highest BCUT2D eigenvalue weighted by molar-refractivity contribution is 5.80. The first kappa shape index (κ1) is 16.9. The van der Waals surface area contributed by atoms with Crippen LogP contribution in [0.25, 0.3) is 0 Å². The average molecular weight is 295 g/mol. The molecule has 0 saturated carbocycles. The molecule has 0 radical (unpaired) electrons. The van der Waals surface area contributed by atoms with Crippen molar-refractivity contribution >= 4 is 12.0 Å². The summed E-state index contributed by atoms with van der Waals surface area (Å²) < 4.78 is 4.88. The van der Waals surface area contributed by atoms with Crippen LogP contribution in [0.3, 0.4) is 0 Å². The normalized spacial score (nSPS) is 10.2. The molecule has 0 saturated heterocycles. The number of aliphatic carboxylic acids is 1. The molecule has 0 unspecified atom stereocenters. The fraction of sp³-hybridized carbons (Fsp3) is 0.500. The maximum Gasteiger partial charge on any atom is 0.323 e. The van der Waals surface area contributed by atoms with E-state index in [2.05, 4.69) is 10.3 Å². The molecule has 7 heteroatoms. The summed E-state index contributed by atoms with van der Waals surface area (Å²) in [5.74, 6) is -1.06. The number of carboxylic acids is 1. The highest BCUT2D eigenvalue weighted by atomic mass is 16.5. The molecule has 2 N–H and O–H groups in total. The Bertz CT molecular complexity index is 479. The highest BCUT2D eigenvalue weighted by Crippen LogP contribution is 2.05. The molecular weight excluding hydrogens is 274 g/mol. The third-order valence-electron chi connectivity index (χ3n) is 2.95. The summed E-state index contributed by atoms with van der Waals surface area (Å²) in [6.07, 6.45) is 2.49. The topological polar surface area (TPSA) is 91.8 Å². The van der Waals surface area contributed by atoms with E-state index >= 15 is 0 Å². The number of carbonyl (C=O) groups excluding carboxylic acids is 1. The fourth-order valence-electron chi connectivity index (χ4n) is 1.84. The molecule has 21 heavy (non-hydrogen) atoms. The van der Waals surface area contributed by atoms with Gasteiger partial charge >= 0.3 is 12.0 Å². The Morgan fingerprint density at radius 3 is 2.86 bits per heavy atom. The van der Waals surface area contributed by atoms with Gasteiger partial charge in [0.25, 0.3) is 0 Å². The Morgan fingerprint density at radius 2 is 2.24 bits per heavy atom. The van der Waals surface area contributed by atoms with Crippen LogP contribution in [-0.4, -0.2) is 53.8 Å². The lowest BCUT2D eigenvalue weighted by molar-refractivity contribution is -0.137. The van der Waals surface area contributed by atoms with E-state index in [1.165, 1.54) is 12.0 Å². The van der Waals surface area contributed by atoms with Gasteiger partial charge in [-0.2, -0.15) is 0 Å². The van der Waals surface area contributed by atoms with Crippen LogP contribution >= 0.6 is 0 Å². The first-order chi connectivity index (χ1) is 10.1. The number of aromatic nitrogens is 1. The van der Waals surface area contributed by atoms with Crippen LogP contribution in [-0.2, 0) is 22.5 Å². The minimum absolute atomic E-state index is 0.220. The van der Waals surface area contributed by atoms with E-state index in [1.54, 1.807) is 6.20 Å². The predicted molar refractivity (Wildman–Crippen MR) is 76.9 cm³/mol. The van der Waals surface area contributed by atoms with Gasteiger partial charge in [-0.05, 0) is 18.1 Å². The average Bonchev–Trinajstić information content (AvgIpc) is 2.48. The molecule has 2 amide bonds. The van der Waals surface area contributed by atoms with Gasteiger partial charge < -0.3 is 20.1 Å². The molecule has 0 aliphatic carbocycles. The van der Waals surface area contributed by atoms with Crippen LogP contribution in [0.1, 0.15) is 18.2 Å². The summed E-state index contributed by atoms with van der Waals surface area (Å²) in [4.78, 5) is 28.2. The van der Waals surface area contributed by atoms with Crippen molar-refractivity contribution in [3.05, 3.63) is 29.6 Å². The van der Waals surface area contributed by atoms with Crippen LogP contribution in [0.5, 0.6) is 0 Å². The smallest absolute Gasteiger partial charge is 0.323 e. The van der Waals surface area contributed by atoms with E-state index in [0.29, 0.717) is 0 Å². The minimum atomic E-state index is -1.06. The van der Waals surface area contributed by atoms with Crippen molar-refractivity contribution in [2.45, 2.75) is 19.9 Å². The Labute approximate surface area is 123 Å². The summed E-state index contributed by atoms with van der Waals surface area (Å²) in [6, 6.07) is 3.36. The SMILES string of the molecule is CCc1cccnc1CNC(=O)N(CCOC)CC(=O)O. The summed E-state index contributed by atoms with van der Waals surface area (Å²) >= 11 is 0. The lowest BCUT2D eigenvalue weighted by atomic mass is 10.1. The quantitative estimate of drug-likeness (QED) is 0.743. The van der Waals surface area contributed by atoms with E-state index in [-0.39, 0.29) is 26.2 Å². The second-order valence-corrected chi connectivity index (χ2v) is 4.43. The lowest BCUT2D eigenvalue weighted by Gasteiger charge is -2.21. The number of hydrogen-bond donors (Lipinski definition) is 2. The molecule has 0 atom stereocenters. The molecular formula is C14H21N3O4. The van der Waals surface area contributed by atoms with Crippen LogP contribution in [0.15, 0.2) is 18.3 Å². The third kappa shape index (κ3) is 5.78. The second kappa shape index (κ2) is 8.91. The molecule has 0 aliphatic rings. The monoisotopic (exact) mass is 295 g/mol. The largest absolute Gasteiger partial charge is 0.480 e. The number of methoxy groups -OCH3 is 1. The number of urea groups is 1. The predicted octanol–water partition coefficient (Wildman–Crippen LogP) is 0.887. The first-order valence-corrected chi connectivity index (χ1v) is 6.74. The van der Waals surface area contributed by atoms with Crippen LogP contribution < -0.4 is 5.32 Å². The number of nitrogens with one attached hydrogen (secondary N) is 1. The lowest BCUT2D eigenvalue weighted by Crippen LogP contribution is -2.44. The summed E-state index contributed by atoms with van der Waals surface area (Å²) in [6.45, 7) is 2.42. The van der Waals surface area contributed by atoms with E-state index in [1.807, 2.05) is 19.1 Å². The maximum atomic E-state index is 12.0. The van der Waals surface area contributed by atoms with Crippen molar-refractivity contribution in [3.8, 4) is 0 Å². The molecule has 7 nitrogen and oxygen atoms in total. The Morgan fingerprint density at radius 1 is 1.48 bits per heavy atom. The molecule has 1 aromatic rings. The van der Waals surface area contributed by atoms with E-state index in [4.69, 9.17) is 9.84 Å². The van der Waals surface area contributed by atoms with Gasteiger partial charge in [-0.1, -0.05) is 13.0 Å². The van der Waals surface area contributed by atoms with Gasteiger partial charge in [-0.3, -0.25) is 9.78 Å². The van der Waals surface area contributed by atoms with Gasteiger partial charge in [0.2, 0.25) is 0 Å². The van der Waals surface area contributed by atoms with Crippen molar-refractivity contribution in [2.24, 2.45) is 0 Å². The van der Waals surface area contributed by atoms with E-state index in [0.717, 1.165) is 17.7 Å². The number of rotatable bonds is 8.